The average molecular weight is 218 g/mol. The highest BCUT2D eigenvalue weighted by molar-refractivity contribution is 5.28. The minimum atomic E-state index is -0.489. The number of ether oxygens (including phenoxy) is 1. The second-order valence-electron chi connectivity index (χ2n) is 3.54. The lowest BCUT2D eigenvalue weighted by Crippen LogP contribution is -1.98. The largest absolute Gasteiger partial charge is 0.489 e. The van der Waals surface area contributed by atoms with Gasteiger partial charge in [-0.2, -0.15) is 0 Å². The van der Waals surface area contributed by atoms with Crippen molar-refractivity contribution in [3.05, 3.63) is 66.5 Å². The van der Waals surface area contributed by atoms with Gasteiger partial charge in [0, 0.05) is 0 Å². The molecule has 0 spiro atoms. The Bertz CT molecular complexity index is 401. The van der Waals surface area contributed by atoms with E-state index in [0.29, 0.717) is 12.2 Å². The van der Waals surface area contributed by atoms with Crippen molar-refractivity contribution in [2.75, 3.05) is 6.61 Å². The van der Waals surface area contributed by atoms with Gasteiger partial charge in [-0.25, -0.2) is 4.39 Å². The van der Waals surface area contributed by atoms with Crippen LogP contribution in [0.1, 0.15) is 5.56 Å². The second kappa shape index (κ2) is 5.91. The molecule has 0 heterocycles. The van der Waals surface area contributed by atoms with Crippen LogP contribution in [-0.4, -0.2) is 6.61 Å². The third kappa shape index (κ3) is 4.60. The first kappa shape index (κ1) is 12.2. The summed E-state index contributed by atoms with van der Waals surface area (Å²) in [5, 5.41) is 0. The molecule has 0 bridgehead atoms. The van der Waals surface area contributed by atoms with E-state index in [9.17, 15) is 4.39 Å². The van der Waals surface area contributed by atoms with Gasteiger partial charge in [0.05, 0.1) is 0 Å². The van der Waals surface area contributed by atoms with Crippen molar-refractivity contribution in [1.82, 2.24) is 0 Å². The highest BCUT2D eigenvalue weighted by Gasteiger charge is 1.94. The van der Waals surface area contributed by atoms with Crippen LogP contribution in [0.4, 0.5) is 4.39 Å². The molecule has 0 radical (unpaired) electrons. The van der Waals surface area contributed by atoms with E-state index in [4.69, 9.17) is 4.74 Å². The molecule has 0 aliphatic carbocycles. The first-order valence-electron chi connectivity index (χ1n) is 4.97. The Morgan fingerprint density at radius 1 is 1.25 bits per heavy atom. The smallest absolute Gasteiger partial charge is 0.119 e. The summed E-state index contributed by atoms with van der Waals surface area (Å²) in [6.07, 6.45) is 2.82. The van der Waals surface area contributed by atoms with Gasteiger partial charge in [0.15, 0.2) is 0 Å². The van der Waals surface area contributed by atoms with E-state index in [1.165, 1.54) is 11.6 Å². The van der Waals surface area contributed by atoms with Gasteiger partial charge in [-0.15, -0.1) is 0 Å². The minimum Gasteiger partial charge on any atom is -0.489 e. The average Bonchev–Trinajstić information content (AvgIpc) is 2.25. The lowest BCUT2D eigenvalue weighted by atomic mass is 10.2. The third-order valence-electron chi connectivity index (χ3n) is 1.95. The quantitative estimate of drug-likeness (QED) is 0.679. The van der Waals surface area contributed by atoms with Gasteiger partial charge in [-0.05, 0) is 30.7 Å². The summed E-state index contributed by atoms with van der Waals surface area (Å²) in [6, 6.07) is 7.72. The fraction of sp³-hybridized carbons (Fsp3) is 0.143. The van der Waals surface area contributed by atoms with Crippen LogP contribution in [0, 0.1) is 6.92 Å². The zero-order valence-corrected chi connectivity index (χ0v) is 9.37. The molecule has 1 nitrogen and oxygen atoms in total. The van der Waals surface area contributed by atoms with Gasteiger partial charge < -0.3 is 4.74 Å². The molecule has 0 atom stereocenters. The third-order valence-corrected chi connectivity index (χ3v) is 1.95. The Balaban J connectivity index is 2.43. The lowest BCUT2D eigenvalue weighted by Gasteiger charge is -2.05. The predicted octanol–water partition coefficient (Wildman–Crippen LogP) is 3.97. The topological polar surface area (TPSA) is 9.23 Å². The fourth-order valence-corrected chi connectivity index (χ4v) is 1.07. The number of hydrogen-bond donors (Lipinski definition) is 0. The molecular weight excluding hydrogens is 203 g/mol. The van der Waals surface area contributed by atoms with E-state index >= 15 is 0 Å². The predicted molar refractivity (Wildman–Crippen MR) is 65.2 cm³/mol. The summed E-state index contributed by atoms with van der Waals surface area (Å²) >= 11 is 0. The van der Waals surface area contributed by atoms with E-state index in [2.05, 4.69) is 13.2 Å². The summed E-state index contributed by atoms with van der Waals surface area (Å²) < 4.78 is 17.8. The number of allylic oxidation sites excluding steroid dienone is 2. The summed E-state index contributed by atoms with van der Waals surface area (Å²) in [4.78, 5) is 0. The van der Waals surface area contributed by atoms with Crippen LogP contribution < -0.4 is 4.74 Å². The second-order valence-corrected chi connectivity index (χ2v) is 3.54. The number of aryl methyl sites for hydroxylation is 1. The molecule has 1 aromatic carbocycles. The molecule has 1 rings (SSSR count). The highest BCUT2D eigenvalue weighted by atomic mass is 19.1. The molecule has 0 fully saturated rings. The van der Waals surface area contributed by atoms with Gasteiger partial charge in [-0.1, -0.05) is 36.9 Å². The lowest BCUT2D eigenvalue weighted by molar-refractivity contribution is 0.356. The number of hydrogen-bond acceptors (Lipinski definition) is 1. The van der Waals surface area contributed by atoms with Crippen LogP contribution in [0.15, 0.2) is 61.0 Å². The van der Waals surface area contributed by atoms with Gasteiger partial charge in [0.2, 0.25) is 0 Å². The SMILES string of the molecule is C=C(F)/C=C\C(=C)COc1ccc(C)cc1. The number of halogens is 1. The van der Waals surface area contributed by atoms with Gasteiger partial charge in [-0.3, -0.25) is 0 Å². The van der Waals surface area contributed by atoms with Crippen LogP contribution in [-0.2, 0) is 0 Å². The molecule has 2 heteroatoms. The zero-order valence-electron chi connectivity index (χ0n) is 9.37. The van der Waals surface area contributed by atoms with Crippen LogP contribution in [0.5, 0.6) is 5.75 Å². The van der Waals surface area contributed by atoms with Crippen molar-refractivity contribution in [2.45, 2.75) is 6.92 Å². The molecule has 16 heavy (non-hydrogen) atoms. The molecule has 0 amide bonds. The Morgan fingerprint density at radius 3 is 2.44 bits per heavy atom. The van der Waals surface area contributed by atoms with Gasteiger partial charge in [0.1, 0.15) is 18.2 Å². The van der Waals surface area contributed by atoms with Crippen LogP contribution in [0.25, 0.3) is 0 Å². The number of benzene rings is 1. The van der Waals surface area contributed by atoms with E-state index in [1.807, 2.05) is 31.2 Å². The van der Waals surface area contributed by atoms with Crippen LogP contribution in [0.3, 0.4) is 0 Å². The molecular formula is C14H15FO. The maximum absolute atomic E-state index is 12.3. The molecule has 0 aromatic heterocycles. The Morgan fingerprint density at radius 2 is 1.88 bits per heavy atom. The molecule has 0 aliphatic rings. The minimum absolute atomic E-state index is 0.340. The first-order valence-corrected chi connectivity index (χ1v) is 4.97. The van der Waals surface area contributed by atoms with Crippen molar-refractivity contribution >= 4 is 0 Å². The molecule has 0 saturated carbocycles. The molecule has 84 valence electrons. The summed E-state index contributed by atoms with van der Waals surface area (Å²) in [6.45, 7) is 9.21. The maximum Gasteiger partial charge on any atom is 0.119 e. The van der Waals surface area contributed by atoms with E-state index in [-0.39, 0.29) is 0 Å². The Hall–Kier alpha value is -1.83. The highest BCUT2D eigenvalue weighted by Crippen LogP contribution is 2.12. The van der Waals surface area contributed by atoms with Crippen LogP contribution in [0.2, 0.25) is 0 Å². The van der Waals surface area contributed by atoms with Gasteiger partial charge in [0.25, 0.3) is 0 Å². The fourth-order valence-electron chi connectivity index (χ4n) is 1.07. The number of rotatable bonds is 5. The molecule has 0 unspecified atom stereocenters. The van der Waals surface area contributed by atoms with Crippen molar-refractivity contribution in [3.63, 3.8) is 0 Å². The Kier molecular flexibility index (Phi) is 4.52. The molecule has 0 aliphatic heterocycles. The van der Waals surface area contributed by atoms with Crippen LogP contribution >= 0.6 is 0 Å². The monoisotopic (exact) mass is 218 g/mol. The summed E-state index contributed by atoms with van der Waals surface area (Å²) in [5.41, 5.74) is 1.87. The first-order chi connectivity index (χ1) is 7.58. The van der Waals surface area contributed by atoms with Crippen molar-refractivity contribution < 1.29 is 9.13 Å². The standard InChI is InChI=1S/C14H15FO/c1-11-5-8-14(9-6-11)16-10-12(2)4-7-13(3)15/h4-9H,2-3,10H2,1H3/b7-4-. The van der Waals surface area contributed by atoms with E-state index < -0.39 is 5.83 Å². The Labute approximate surface area is 95.6 Å². The summed E-state index contributed by atoms with van der Waals surface area (Å²) in [7, 11) is 0. The van der Waals surface area contributed by atoms with Crippen molar-refractivity contribution in [3.8, 4) is 5.75 Å². The van der Waals surface area contributed by atoms with Crippen molar-refractivity contribution in [2.24, 2.45) is 0 Å². The van der Waals surface area contributed by atoms with E-state index in [1.54, 1.807) is 6.08 Å². The van der Waals surface area contributed by atoms with E-state index in [0.717, 1.165) is 5.75 Å². The zero-order chi connectivity index (χ0) is 12.0. The van der Waals surface area contributed by atoms with Gasteiger partial charge >= 0.3 is 0 Å². The normalized spacial score (nSPS) is 10.4. The van der Waals surface area contributed by atoms with Crippen molar-refractivity contribution in [1.29, 1.82) is 0 Å². The summed E-state index contributed by atoms with van der Waals surface area (Å²) in [5.74, 6) is 0.288. The molecule has 0 N–H and O–H groups in total. The molecule has 0 saturated heterocycles. The maximum atomic E-state index is 12.3. The molecule has 1 aromatic rings.